The van der Waals surface area contributed by atoms with Crippen molar-refractivity contribution in [3.05, 3.63) is 34.9 Å². The van der Waals surface area contributed by atoms with Crippen LogP contribution in [0.3, 0.4) is 0 Å². The van der Waals surface area contributed by atoms with Crippen LogP contribution in [0, 0.1) is 6.92 Å². The minimum Gasteiger partial charge on any atom is -0.389 e. The third kappa shape index (κ3) is 1.92. The molecule has 0 saturated carbocycles. The van der Waals surface area contributed by atoms with E-state index in [1.807, 2.05) is 6.92 Å². The molecular formula is C12H18O. The third-order valence-corrected chi connectivity index (χ3v) is 2.50. The highest BCUT2D eigenvalue weighted by atomic mass is 16.3. The van der Waals surface area contributed by atoms with E-state index in [0.717, 1.165) is 12.8 Å². The van der Waals surface area contributed by atoms with E-state index in [-0.39, 0.29) is 7.43 Å². The summed E-state index contributed by atoms with van der Waals surface area (Å²) in [6.45, 7) is 4.00. The van der Waals surface area contributed by atoms with E-state index < -0.39 is 5.60 Å². The lowest BCUT2D eigenvalue weighted by atomic mass is 10.0. The summed E-state index contributed by atoms with van der Waals surface area (Å²) in [5.41, 5.74) is 3.41. The van der Waals surface area contributed by atoms with E-state index in [4.69, 9.17) is 0 Å². The van der Waals surface area contributed by atoms with Gasteiger partial charge in [-0.2, -0.15) is 0 Å². The fraction of sp³-hybridized carbons (Fsp3) is 0.500. The molecular weight excluding hydrogens is 160 g/mol. The van der Waals surface area contributed by atoms with Gasteiger partial charge < -0.3 is 5.11 Å². The normalized spacial score (nSPS) is 25.2. The first-order chi connectivity index (χ1) is 5.57. The van der Waals surface area contributed by atoms with Crippen LogP contribution in [0.2, 0.25) is 0 Å². The highest BCUT2D eigenvalue weighted by Gasteiger charge is 2.29. The Morgan fingerprint density at radius 1 is 1.23 bits per heavy atom. The highest BCUT2D eigenvalue weighted by molar-refractivity contribution is 5.37. The zero-order valence-corrected chi connectivity index (χ0v) is 7.59. The number of aliphatic hydroxyl groups is 1. The van der Waals surface area contributed by atoms with Gasteiger partial charge in [0.25, 0.3) is 0 Å². The molecule has 72 valence electrons. The Labute approximate surface area is 80.4 Å². The molecule has 0 saturated heterocycles. The Balaban J connectivity index is 0.000000845. The van der Waals surface area contributed by atoms with Gasteiger partial charge in [0, 0.05) is 12.8 Å². The van der Waals surface area contributed by atoms with Crippen molar-refractivity contribution in [2.75, 3.05) is 0 Å². The molecule has 1 aliphatic rings. The number of fused-ring (bicyclic) bond motifs is 1. The van der Waals surface area contributed by atoms with Crippen LogP contribution in [0.1, 0.15) is 31.0 Å². The monoisotopic (exact) mass is 178 g/mol. The molecule has 13 heavy (non-hydrogen) atoms. The standard InChI is InChI=1S/C11H14O.CH4/c1-8-3-4-9-6-11(2,12)7-10(9)5-8;/h3-5,12H,6-7H2,1-2H3;1H4. The fourth-order valence-corrected chi connectivity index (χ4v) is 1.97. The van der Waals surface area contributed by atoms with Crippen molar-refractivity contribution >= 4 is 0 Å². The lowest BCUT2D eigenvalue weighted by Gasteiger charge is -2.13. The van der Waals surface area contributed by atoms with Crippen molar-refractivity contribution in [1.82, 2.24) is 0 Å². The number of rotatable bonds is 0. The molecule has 1 heteroatoms. The topological polar surface area (TPSA) is 20.2 Å². The maximum Gasteiger partial charge on any atom is 0.0700 e. The molecule has 0 amide bonds. The Bertz CT molecular complexity index is 313. The van der Waals surface area contributed by atoms with Gasteiger partial charge in [-0.15, -0.1) is 0 Å². The fourth-order valence-electron chi connectivity index (χ4n) is 1.97. The molecule has 0 aliphatic heterocycles. The van der Waals surface area contributed by atoms with Gasteiger partial charge in [0.05, 0.1) is 5.60 Å². The molecule has 1 unspecified atom stereocenters. The molecule has 2 rings (SSSR count). The minimum absolute atomic E-state index is 0. The average Bonchev–Trinajstić information content (AvgIpc) is 2.21. The summed E-state index contributed by atoms with van der Waals surface area (Å²) in [4.78, 5) is 0. The van der Waals surface area contributed by atoms with Crippen LogP contribution in [0.5, 0.6) is 0 Å². The van der Waals surface area contributed by atoms with E-state index in [9.17, 15) is 5.11 Å². The van der Waals surface area contributed by atoms with Crippen molar-refractivity contribution in [2.45, 2.75) is 39.7 Å². The summed E-state index contributed by atoms with van der Waals surface area (Å²) in [5.74, 6) is 0. The molecule has 0 spiro atoms. The summed E-state index contributed by atoms with van der Waals surface area (Å²) in [6, 6.07) is 6.42. The van der Waals surface area contributed by atoms with Crippen LogP contribution >= 0.6 is 0 Å². The molecule has 1 atom stereocenters. The molecule has 0 bridgehead atoms. The zero-order valence-electron chi connectivity index (χ0n) is 7.59. The molecule has 1 nitrogen and oxygen atoms in total. The van der Waals surface area contributed by atoms with E-state index >= 15 is 0 Å². The van der Waals surface area contributed by atoms with Crippen molar-refractivity contribution < 1.29 is 5.11 Å². The molecule has 0 heterocycles. The Morgan fingerprint density at radius 3 is 2.54 bits per heavy atom. The first-order valence-corrected chi connectivity index (χ1v) is 4.38. The van der Waals surface area contributed by atoms with Crippen molar-refractivity contribution in [3.8, 4) is 0 Å². The number of benzene rings is 1. The number of hydrogen-bond acceptors (Lipinski definition) is 1. The van der Waals surface area contributed by atoms with Crippen molar-refractivity contribution in [3.63, 3.8) is 0 Å². The first-order valence-electron chi connectivity index (χ1n) is 4.38. The molecule has 0 radical (unpaired) electrons. The van der Waals surface area contributed by atoms with E-state index in [0.29, 0.717) is 0 Å². The Hall–Kier alpha value is -0.820. The molecule has 0 fully saturated rings. The van der Waals surface area contributed by atoms with E-state index in [2.05, 4.69) is 25.1 Å². The summed E-state index contributed by atoms with van der Waals surface area (Å²) >= 11 is 0. The molecule has 1 aliphatic carbocycles. The average molecular weight is 178 g/mol. The van der Waals surface area contributed by atoms with Crippen molar-refractivity contribution in [2.24, 2.45) is 0 Å². The quantitative estimate of drug-likeness (QED) is 0.647. The van der Waals surface area contributed by atoms with Gasteiger partial charge in [-0.05, 0) is 25.0 Å². The number of aryl methyl sites for hydroxylation is 1. The van der Waals surface area contributed by atoms with Gasteiger partial charge in [0.2, 0.25) is 0 Å². The summed E-state index contributed by atoms with van der Waals surface area (Å²) in [7, 11) is 0. The zero-order chi connectivity index (χ0) is 8.77. The highest BCUT2D eigenvalue weighted by Crippen LogP contribution is 2.29. The molecule has 0 aromatic heterocycles. The third-order valence-electron chi connectivity index (χ3n) is 2.50. The van der Waals surface area contributed by atoms with E-state index in [1.165, 1.54) is 16.7 Å². The Kier molecular flexibility index (Phi) is 2.49. The second-order valence-electron chi connectivity index (χ2n) is 4.12. The van der Waals surface area contributed by atoms with Gasteiger partial charge in [0.15, 0.2) is 0 Å². The van der Waals surface area contributed by atoms with Crippen LogP contribution in [-0.4, -0.2) is 10.7 Å². The lowest BCUT2D eigenvalue weighted by Crippen LogP contribution is -2.23. The van der Waals surface area contributed by atoms with Gasteiger partial charge in [-0.1, -0.05) is 31.2 Å². The molecule has 1 aromatic carbocycles. The summed E-state index contributed by atoms with van der Waals surface area (Å²) < 4.78 is 0. The van der Waals surface area contributed by atoms with Crippen LogP contribution in [0.4, 0.5) is 0 Å². The van der Waals surface area contributed by atoms with Crippen LogP contribution < -0.4 is 0 Å². The predicted molar refractivity (Wildman–Crippen MR) is 55.9 cm³/mol. The maximum absolute atomic E-state index is 9.81. The first kappa shape index (κ1) is 10.3. The second kappa shape index (κ2) is 3.15. The number of hydrogen-bond donors (Lipinski definition) is 1. The SMILES string of the molecule is C.Cc1ccc2c(c1)CC(C)(O)C2. The van der Waals surface area contributed by atoms with Gasteiger partial charge in [-0.25, -0.2) is 0 Å². The minimum atomic E-state index is -0.504. The lowest BCUT2D eigenvalue weighted by molar-refractivity contribution is 0.0719. The molecule has 1 aromatic rings. The van der Waals surface area contributed by atoms with Crippen LogP contribution in [0.15, 0.2) is 18.2 Å². The van der Waals surface area contributed by atoms with E-state index in [1.54, 1.807) is 0 Å². The largest absolute Gasteiger partial charge is 0.389 e. The summed E-state index contributed by atoms with van der Waals surface area (Å²) in [5, 5.41) is 9.81. The van der Waals surface area contributed by atoms with Gasteiger partial charge in [-0.3, -0.25) is 0 Å². The molecule has 1 N–H and O–H groups in total. The smallest absolute Gasteiger partial charge is 0.0700 e. The second-order valence-corrected chi connectivity index (χ2v) is 4.12. The van der Waals surface area contributed by atoms with Crippen LogP contribution in [-0.2, 0) is 12.8 Å². The van der Waals surface area contributed by atoms with Crippen molar-refractivity contribution in [1.29, 1.82) is 0 Å². The van der Waals surface area contributed by atoms with Crippen LogP contribution in [0.25, 0.3) is 0 Å². The van der Waals surface area contributed by atoms with Gasteiger partial charge >= 0.3 is 0 Å². The Morgan fingerprint density at radius 2 is 1.85 bits per heavy atom. The predicted octanol–water partition coefficient (Wildman–Crippen LogP) is 2.48. The maximum atomic E-state index is 9.81. The summed E-state index contributed by atoms with van der Waals surface area (Å²) in [6.07, 6.45) is 1.62. The van der Waals surface area contributed by atoms with Gasteiger partial charge in [0.1, 0.15) is 0 Å².